The SMILES string of the molecule is COc1ccccc1CNCC(C)CN. The molecule has 0 saturated heterocycles. The van der Waals surface area contributed by atoms with Gasteiger partial charge in [0.05, 0.1) is 7.11 Å². The molecular weight excluding hydrogens is 188 g/mol. The van der Waals surface area contributed by atoms with Crippen molar-refractivity contribution in [3.8, 4) is 5.75 Å². The molecule has 0 fully saturated rings. The zero-order valence-corrected chi connectivity index (χ0v) is 9.49. The van der Waals surface area contributed by atoms with Crippen LogP contribution in [0.25, 0.3) is 0 Å². The van der Waals surface area contributed by atoms with Gasteiger partial charge in [0.2, 0.25) is 0 Å². The second kappa shape index (κ2) is 6.43. The molecule has 0 saturated carbocycles. The zero-order valence-electron chi connectivity index (χ0n) is 9.49. The van der Waals surface area contributed by atoms with E-state index in [1.165, 1.54) is 5.56 Å². The van der Waals surface area contributed by atoms with E-state index in [0.717, 1.165) is 25.4 Å². The summed E-state index contributed by atoms with van der Waals surface area (Å²) in [6, 6.07) is 8.04. The predicted molar refractivity (Wildman–Crippen MR) is 62.9 cm³/mol. The van der Waals surface area contributed by atoms with Crippen molar-refractivity contribution >= 4 is 0 Å². The van der Waals surface area contributed by atoms with Crippen LogP contribution in [0.15, 0.2) is 24.3 Å². The van der Waals surface area contributed by atoms with Gasteiger partial charge in [0.15, 0.2) is 0 Å². The third-order valence-electron chi connectivity index (χ3n) is 2.40. The maximum Gasteiger partial charge on any atom is 0.123 e. The summed E-state index contributed by atoms with van der Waals surface area (Å²) >= 11 is 0. The van der Waals surface area contributed by atoms with Crippen LogP contribution in [-0.2, 0) is 6.54 Å². The van der Waals surface area contributed by atoms with E-state index in [2.05, 4.69) is 18.3 Å². The molecule has 0 aromatic heterocycles. The number of nitrogens with one attached hydrogen (secondary N) is 1. The standard InChI is InChI=1S/C12H20N2O/c1-10(7-13)8-14-9-11-5-3-4-6-12(11)15-2/h3-6,10,14H,7-9,13H2,1-2H3. The maximum atomic E-state index is 5.54. The van der Waals surface area contributed by atoms with Crippen LogP contribution in [0.4, 0.5) is 0 Å². The summed E-state index contributed by atoms with van der Waals surface area (Å²) in [5.41, 5.74) is 6.73. The Labute approximate surface area is 91.6 Å². The van der Waals surface area contributed by atoms with Crippen LogP contribution in [0.2, 0.25) is 0 Å². The van der Waals surface area contributed by atoms with Crippen LogP contribution in [0.5, 0.6) is 5.75 Å². The van der Waals surface area contributed by atoms with E-state index in [1.54, 1.807) is 7.11 Å². The number of hydrogen-bond donors (Lipinski definition) is 2. The minimum absolute atomic E-state index is 0.514. The van der Waals surface area contributed by atoms with Crippen LogP contribution in [0.3, 0.4) is 0 Å². The highest BCUT2D eigenvalue weighted by molar-refractivity contribution is 5.32. The number of hydrogen-bond acceptors (Lipinski definition) is 3. The van der Waals surface area contributed by atoms with Crippen molar-refractivity contribution in [2.45, 2.75) is 13.5 Å². The smallest absolute Gasteiger partial charge is 0.123 e. The third kappa shape index (κ3) is 3.90. The molecule has 1 aromatic carbocycles. The topological polar surface area (TPSA) is 47.3 Å². The number of para-hydroxylation sites is 1. The summed E-state index contributed by atoms with van der Waals surface area (Å²) in [4.78, 5) is 0. The van der Waals surface area contributed by atoms with E-state index in [0.29, 0.717) is 5.92 Å². The molecule has 0 radical (unpaired) electrons. The molecule has 0 amide bonds. The molecular formula is C12H20N2O. The molecule has 1 aromatic rings. The van der Waals surface area contributed by atoms with Crippen LogP contribution in [0.1, 0.15) is 12.5 Å². The molecule has 15 heavy (non-hydrogen) atoms. The highest BCUT2D eigenvalue weighted by Crippen LogP contribution is 2.16. The molecule has 1 unspecified atom stereocenters. The summed E-state index contributed by atoms with van der Waals surface area (Å²) in [6.07, 6.45) is 0. The summed E-state index contributed by atoms with van der Waals surface area (Å²) in [5.74, 6) is 1.45. The van der Waals surface area contributed by atoms with Crippen LogP contribution < -0.4 is 15.8 Å². The number of ether oxygens (including phenoxy) is 1. The van der Waals surface area contributed by atoms with Crippen LogP contribution in [0, 0.1) is 5.92 Å². The van der Waals surface area contributed by atoms with E-state index in [9.17, 15) is 0 Å². The van der Waals surface area contributed by atoms with Crippen molar-refractivity contribution in [1.29, 1.82) is 0 Å². The Balaban J connectivity index is 2.43. The summed E-state index contributed by atoms with van der Waals surface area (Å²) in [7, 11) is 1.70. The quantitative estimate of drug-likeness (QED) is 0.742. The van der Waals surface area contributed by atoms with Crippen molar-refractivity contribution in [2.75, 3.05) is 20.2 Å². The van der Waals surface area contributed by atoms with Crippen molar-refractivity contribution in [3.05, 3.63) is 29.8 Å². The Morgan fingerprint density at radius 1 is 1.40 bits per heavy atom. The molecule has 3 N–H and O–H groups in total. The molecule has 84 valence electrons. The Bertz CT molecular complexity index is 289. The number of nitrogens with two attached hydrogens (primary N) is 1. The first kappa shape index (κ1) is 12.0. The van der Waals surface area contributed by atoms with Gasteiger partial charge in [-0.05, 0) is 25.1 Å². The first-order valence-electron chi connectivity index (χ1n) is 5.30. The molecule has 3 heteroatoms. The Hall–Kier alpha value is -1.06. The summed E-state index contributed by atoms with van der Waals surface area (Å²) in [5, 5.41) is 3.37. The van der Waals surface area contributed by atoms with Gasteiger partial charge in [0, 0.05) is 12.1 Å². The monoisotopic (exact) mass is 208 g/mol. The fourth-order valence-electron chi connectivity index (χ4n) is 1.39. The van der Waals surface area contributed by atoms with Gasteiger partial charge >= 0.3 is 0 Å². The van der Waals surface area contributed by atoms with Crippen molar-refractivity contribution in [3.63, 3.8) is 0 Å². The molecule has 1 atom stereocenters. The Morgan fingerprint density at radius 3 is 2.80 bits per heavy atom. The van der Waals surface area contributed by atoms with E-state index in [1.807, 2.05) is 18.2 Å². The van der Waals surface area contributed by atoms with Crippen molar-refractivity contribution in [1.82, 2.24) is 5.32 Å². The molecule has 1 rings (SSSR count). The van der Waals surface area contributed by atoms with E-state index < -0.39 is 0 Å². The molecule has 0 spiro atoms. The second-order valence-electron chi connectivity index (χ2n) is 3.78. The highest BCUT2D eigenvalue weighted by atomic mass is 16.5. The average Bonchev–Trinajstić information content (AvgIpc) is 2.29. The summed E-state index contributed by atoms with van der Waals surface area (Å²) < 4.78 is 5.26. The number of rotatable bonds is 6. The van der Waals surface area contributed by atoms with E-state index in [-0.39, 0.29) is 0 Å². The molecule has 0 heterocycles. The first-order valence-corrected chi connectivity index (χ1v) is 5.30. The predicted octanol–water partition coefficient (Wildman–Crippen LogP) is 1.38. The van der Waals surface area contributed by atoms with Crippen molar-refractivity contribution in [2.24, 2.45) is 11.7 Å². The Kier molecular flexibility index (Phi) is 5.15. The van der Waals surface area contributed by atoms with Gasteiger partial charge in [-0.25, -0.2) is 0 Å². The fourth-order valence-corrected chi connectivity index (χ4v) is 1.39. The van der Waals surface area contributed by atoms with Gasteiger partial charge in [0.25, 0.3) is 0 Å². The van der Waals surface area contributed by atoms with Crippen LogP contribution in [-0.4, -0.2) is 20.2 Å². The van der Waals surface area contributed by atoms with Gasteiger partial charge in [-0.3, -0.25) is 0 Å². The lowest BCUT2D eigenvalue weighted by molar-refractivity contribution is 0.406. The second-order valence-corrected chi connectivity index (χ2v) is 3.78. The lowest BCUT2D eigenvalue weighted by atomic mass is 10.1. The highest BCUT2D eigenvalue weighted by Gasteiger charge is 2.02. The molecule has 0 bridgehead atoms. The lowest BCUT2D eigenvalue weighted by Crippen LogP contribution is -2.25. The largest absolute Gasteiger partial charge is 0.496 e. The van der Waals surface area contributed by atoms with Crippen LogP contribution >= 0.6 is 0 Å². The lowest BCUT2D eigenvalue weighted by Gasteiger charge is -2.12. The van der Waals surface area contributed by atoms with Gasteiger partial charge in [0.1, 0.15) is 5.75 Å². The van der Waals surface area contributed by atoms with Gasteiger partial charge < -0.3 is 15.8 Å². The van der Waals surface area contributed by atoms with Gasteiger partial charge in [-0.15, -0.1) is 0 Å². The minimum Gasteiger partial charge on any atom is -0.496 e. The minimum atomic E-state index is 0.514. The molecule has 0 aliphatic rings. The average molecular weight is 208 g/mol. The fraction of sp³-hybridized carbons (Fsp3) is 0.500. The van der Waals surface area contributed by atoms with Crippen molar-refractivity contribution < 1.29 is 4.74 Å². The summed E-state index contributed by atoms with van der Waals surface area (Å²) in [6.45, 7) is 4.62. The zero-order chi connectivity index (χ0) is 11.1. The molecule has 3 nitrogen and oxygen atoms in total. The van der Waals surface area contributed by atoms with E-state index >= 15 is 0 Å². The van der Waals surface area contributed by atoms with Gasteiger partial charge in [-0.2, -0.15) is 0 Å². The molecule has 0 aliphatic heterocycles. The normalized spacial score (nSPS) is 12.5. The van der Waals surface area contributed by atoms with Gasteiger partial charge in [-0.1, -0.05) is 25.1 Å². The Morgan fingerprint density at radius 2 is 2.13 bits per heavy atom. The number of benzene rings is 1. The van der Waals surface area contributed by atoms with E-state index in [4.69, 9.17) is 10.5 Å². The maximum absolute atomic E-state index is 5.54. The molecule has 0 aliphatic carbocycles. The first-order chi connectivity index (χ1) is 7.27. The number of methoxy groups -OCH3 is 1. The third-order valence-corrected chi connectivity index (χ3v) is 2.40.